The van der Waals surface area contributed by atoms with Gasteiger partial charge in [0.25, 0.3) is 0 Å². The fraction of sp³-hybridized carbons (Fsp3) is 0.297. The molecule has 0 aliphatic rings. The van der Waals surface area contributed by atoms with Crippen LogP contribution in [0.3, 0.4) is 0 Å². The number of unbranched alkanes of at least 4 members (excludes halogenated alkanes) is 2. The molecule has 228 valence electrons. The molecule has 4 aromatic rings. The van der Waals surface area contributed by atoms with E-state index in [2.05, 4.69) is 43.6 Å². The molecule has 0 aliphatic carbocycles. The van der Waals surface area contributed by atoms with Gasteiger partial charge in [0.2, 0.25) is 0 Å². The minimum atomic E-state index is -0.693. The molecule has 0 spiro atoms. The number of halogens is 1. The lowest BCUT2D eigenvalue weighted by molar-refractivity contribution is -0.137. The van der Waals surface area contributed by atoms with Gasteiger partial charge in [-0.2, -0.15) is 0 Å². The maximum atomic E-state index is 11.7. The number of carboxylic acid groups (broad SMARTS) is 1. The molecule has 0 amide bonds. The Kier molecular flexibility index (Phi) is 14.5. The molecule has 43 heavy (non-hydrogen) atoms. The number of carboxylic acids is 1. The molecule has 5 nitrogen and oxygen atoms in total. The molecule has 0 saturated heterocycles. The monoisotopic (exact) mass is 601 g/mol. The van der Waals surface area contributed by atoms with E-state index in [-0.39, 0.29) is 11.5 Å². The van der Waals surface area contributed by atoms with Crippen LogP contribution in [0, 0.1) is 6.92 Å². The highest BCUT2D eigenvalue weighted by Crippen LogP contribution is 2.35. The summed E-state index contributed by atoms with van der Waals surface area (Å²) in [6, 6.07) is 21.0. The van der Waals surface area contributed by atoms with Gasteiger partial charge in [0, 0.05) is 47.6 Å². The number of ketones is 1. The molecular weight excluding hydrogens is 558 g/mol. The lowest BCUT2D eigenvalue weighted by atomic mass is 9.93. The van der Waals surface area contributed by atoms with Gasteiger partial charge in [-0.1, -0.05) is 87.3 Å². The van der Waals surface area contributed by atoms with E-state index >= 15 is 0 Å². The fourth-order valence-electron chi connectivity index (χ4n) is 4.37. The summed E-state index contributed by atoms with van der Waals surface area (Å²) < 4.78 is 2.10. The van der Waals surface area contributed by atoms with Crippen LogP contribution in [-0.2, 0) is 23.1 Å². The third kappa shape index (κ3) is 11.3. The first-order valence-corrected chi connectivity index (χ1v) is 15.1. The number of aromatic hydroxyl groups is 1. The molecule has 1 heterocycles. The largest absolute Gasteiger partial charge is 0.507 e. The number of rotatable bonds is 10. The standard InChI is InChI=1S/C23H19ClO2.C9H15N.C5H10O2/c1-14-12-22(24)21(13-20(14)15(2)16(3)25)18-10-8-17(9-11-18)19-6-4-5-7-23(19)26;1-3-4-5-9-6-7-10(2)8-9;1-2-3-4-5(6)7/h4-13,26H,2H2,1,3H3;6-8H,3-5H2,1-2H3;2-4H2,1H3,(H,6,7). The van der Waals surface area contributed by atoms with E-state index < -0.39 is 5.97 Å². The van der Waals surface area contributed by atoms with Gasteiger partial charge < -0.3 is 14.8 Å². The van der Waals surface area contributed by atoms with E-state index in [1.807, 2.05) is 62.4 Å². The van der Waals surface area contributed by atoms with Gasteiger partial charge in [-0.25, -0.2) is 0 Å². The Hall–Kier alpha value is -4.09. The molecule has 4 rings (SSSR count). The molecule has 6 heteroatoms. The molecule has 3 aromatic carbocycles. The highest BCUT2D eigenvalue weighted by Gasteiger charge is 2.13. The third-order valence-electron chi connectivity index (χ3n) is 6.93. The van der Waals surface area contributed by atoms with Crippen molar-refractivity contribution in [3.8, 4) is 28.0 Å². The van der Waals surface area contributed by atoms with Crippen LogP contribution in [0.5, 0.6) is 5.75 Å². The number of hydrogen-bond acceptors (Lipinski definition) is 3. The zero-order valence-electron chi connectivity index (χ0n) is 26.0. The number of phenolic OH excluding ortho intramolecular Hbond substituents is 1. The average Bonchev–Trinajstić information content (AvgIpc) is 3.40. The number of aromatic nitrogens is 1. The summed E-state index contributed by atoms with van der Waals surface area (Å²) in [7, 11) is 2.06. The quantitative estimate of drug-likeness (QED) is 0.177. The lowest BCUT2D eigenvalue weighted by Crippen LogP contribution is -1.98. The SMILES string of the molecule is C=C(C(C)=O)c1cc(-c2ccc(-c3ccccc3O)cc2)c(Cl)cc1C.CCCCC(=O)O.CCCCc1ccn(C)c1. The van der Waals surface area contributed by atoms with Gasteiger partial charge in [-0.3, -0.25) is 9.59 Å². The Morgan fingerprint density at radius 3 is 2.00 bits per heavy atom. The van der Waals surface area contributed by atoms with Crippen molar-refractivity contribution in [1.29, 1.82) is 0 Å². The number of nitrogens with zero attached hydrogens (tertiary/aromatic N) is 1. The van der Waals surface area contributed by atoms with Crippen LogP contribution >= 0.6 is 11.6 Å². The number of benzene rings is 3. The Bertz CT molecular complexity index is 1500. The Morgan fingerprint density at radius 2 is 1.51 bits per heavy atom. The number of para-hydroxylation sites is 1. The molecule has 1 aromatic heterocycles. The van der Waals surface area contributed by atoms with Gasteiger partial charge in [0.05, 0.1) is 0 Å². The second kappa shape index (κ2) is 17.8. The van der Waals surface area contributed by atoms with Crippen LogP contribution in [0.25, 0.3) is 27.8 Å². The maximum Gasteiger partial charge on any atom is 0.303 e. The summed E-state index contributed by atoms with van der Waals surface area (Å²) in [5.74, 6) is -0.508. The zero-order valence-corrected chi connectivity index (χ0v) is 26.7. The molecule has 0 unspecified atom stereocenters. The van der Waals surface area contributed by atoms with Crippen LogP contribution in [0.2, 0.25) is 5.02 Å². The van der Waals surface area contributed by atoms with Crippen molar-refractivity contribution < 1.29 is 19.8 Å². The molecule has 2 N–H and O–H groups in total. The van der Waals surface area contributed by atoms with Crippen LogP contribution in [-0.4, -0.2) is 26.5 Å². The molecule has 0 saturated carbocycles. The van der Waals surface area contributed by atoms with Crippen molar-refractivity contribution in [1.82, 2.24) is 4.57 Å². The maximum absolute atomic E-state index is 11.7. The van der Waals surface area contributed by atoms with Gasteiger partial charge in [-0.15, -0.1) is 0 Å². The topological polar surface area (TPSA) is 79.5 Å². The predicted octanol–water partition coefficient (Wildman–Crippen LogP) is 9.92. The van der Waals surface area contributed by atoms with E-state index in [0.717, 1.165) is 46.2 Å². The first kappa shape index (κ1) is 35.1. The van der Waals surface area contributed by atoms with E-state index in [9.17, 15) is 14.7 Å². The normalized spacial score (nSPS) is 10.2. The van der Waals surface area contributed by atoms with E-state index in [4.69, 9.17) is 16.7 Å². The van der Waals surface area contributed by atoms with Crippen molar-refractivity contribution in [2.45, 2.75) is 66.2 Å². The third-order valence-corrected chi connectivity index (χ3v) is 7.24. The number of aliphatic carboxylic acids is 1. The summed E-state index contributed by atoms with van der Waals surface area (Å²) in [6.45, 7) is 11.5. The first-order chi connectivity index (χ1) is 20.5. The fourth-order valence-corrected chi connectivity index (χ4v) is 4.70. The Morgan fingerprint density at radius 1 is 0.907 bits per heavy atom. The minimum Gasteiger partial charge on any atom is -0.507 e. The minimum absolute atomic E-state index is 0.0590. The smallest absolute Gasteiger partial charge is 0.303 e. The number of Topliss-reactive ketones (excluding diaryl/α,β-unsaturated/α-hetero) is 1. The lowest BCUT2D eigenvalue weighted by Gasteiger charge is -2.13. The molecule has 0 fully saturated rings. The van der Waals surface area contributed by atoms with Gasteiger partial charge in [0.1, 0.15) is 5.75 Å². The van der Waals surface area contributed by atoms with E-state index in [0.29, 0.717) is 17.0 Å². The highest BCUT2D eigenvalue weighted by atomic mass is 35.5. The number of hydrogen-bond donors (Lipinski definition) is 2. The molecule has 0 aliphatic heterocycles. The average molecular weight is 602 g/mol. The second-order valence-corrected chi connectivity index (χ2v) is 11.0. The van der Waals surface area contributed by atoms with Crippen LogP contribution in [0.4, 0.5) is 0 Å². The summed E-state index contributed by atoms with van der Waals surface area (Å²) in [5.41, 5.74) is 7.15. The number of carbonyl (C=O) groups is 2. The van der Waals surface area contributed by atoms with Crippen LogP contribution in [0.15, 0.2) is 85.7 Å². The van der Waals surface area contributed by atoms with Crippen LogP contribution in [0.1, 0.15) is 69.6 Å². The highest BCUT2D eigenvalue weighted by molar-refractivity contribution is 6.33. The molecular formula is C37H44ClNO4. The zero-order chi connectivity index (χ0) is 31.9. The summed E-state index contributed by atoms with van der Waals surface area (Å²) in [6.07, 6.45) is 10.2. The Balaban J connectivity index is 0.000000310. The summed E-state index contributed by atoms with van der Waals surface area (Å²) >= 11 is 6.45. The van der Waals surface area contributed by atoms with Crippen molar-refractivity contribution in [2.75, 3.05) is 0 Å². The van der Waals surface area contributed by atoms with E-state index in [1.54, 1.807) is 12.1 Å². The van der Waals surface area contributed by atoms with Crippen LogP contribution < -0.4 is 0 Å². The van der Waals surface area contributed by atoms with Crippen molar-refractivity contribution >= 4 is 28.9 Å². The van der Waals surface area contributed by atoms with Crippen molar-refractivity contribution in [3.05, 3.63) is 107 Å². The summed E-state index contributed by atoms with van der Waals surface area (Å²) in [5, 5.41) is 18.7. The number of allylic oxidation sites excluding steroid dienone is 1. The predicted molar refractivity (Wildman–Crippen MR) is 180 cm³/mol. The molecule has 0 radical (unpaired) electrons. The summed E-state index contributed by atoms with van der Waals surface area (Å²) in [4.78, 5) is 21.5. The van der Waals surface area contributed by atoms with Crippen molar-refractivity contribution in [3.63, 3.8) is 0 Å². The van der Waals surface area contributed by atoms with Gasteiger partial charge in [-0.05, 0) is 85.2 Å². The number of aryl methyl sites for hydroxylation is 3. The second-order valence-electron chi connectivity index (χ2n) is 10.6. The number of carbonyl (C=O) groups excluding carboxylic acids is 1. The number of phenols is 1. The molecule has 0 bridgehead atoms. The van der Waals surface area contributed by atoms with E-state index in [1.165, 1.54) is 31.7 Å². The Labute approximate surface area is 261 Å². The van der Waals surface area contributed by atoms with Gasteiger partial charge in [0.15, 0.2) is 5.78 Å². The van der Waals surface area contributed by atoms with Crippen molar-refractivity contribution in [2.24, 2.45) is 7.05 Å². The first-order valence-electron chi connectivity index (χ1n) is 14.7. The molecule has 0 atom stereocenters. The van der Waals surface area contributed by atoms with Gasteiger partial charge >= 0.3 is 5.97 Å².